The fourth-order valence-corrected chi connectivity index (χ4v) is 3.03. The maximum absolute atomic E-state index is 6.36. The Hall–Kier alpha value is -1.02. The molecule has 0 spiro atoms. The van der Waals surface area contributed by atoms with Gasteiger partial charge in [0.25, 0.3) is 0 Å². The van der Waals surface area contributed by atoms with Crippen LogP contribution >= 0.6 is 23.2 Å². The van der Waals surface area contributed by atoms with Crippen molar-refractivity contribution in [3.8, 4) is 0 Å². The Balaban J connectivity index is 2.09. The van der Waals surface area contributed by atoms with Crippen LogP contribution in [0.15, 0.2) is 42.5 Å². The Morgan fingerprint density at radius 3 is 2.33 bits per heavy atom. The van der Waals surface area contributed by atoms with Crippen molar-refractivity contribution in [2.75, 3.05) is 13.6 Å². The molecule has 1 N–H and O–H groups in total. The predicted octanol–water partition coefficient (Wildman–Crippen LogP) is 4.92. The molecule has 3 heteroatoms. The summed E-state index contributed by atoms with van der Waals surface area (Å²) in [4.78, 5) is 0. The van der Waals surface area contributed by atoms with Crippen LogP contribution in [0.5, 0.6) is 0 Å². The summed E-state index contributed by atoms with van der Waals surface area (Å²) in [5, 5.41) is 4.93. The lowest BCUT2D eigenvalue weighted by Crippen LogP contribution is -2.23. The number of rotatable bonds is 6. The summed E-state index contributed by atoms with van der Waals surface area (Å²) in [5.74, 6) is 0.511. The van der Waals surface area contributed by atoms with Crippen molar-refractivity contribution in [1.82, 2.24) is 5.32 Å². The highest BCUT2D eigenvalue weighted by Gasteiger charge is 2.12. The molecule has 0 aliphatic rings. The third-order valence-electron chi connectivity index (χ3n) is 3.65. The van der Waals surface area contributed by atoms with Crippen LogP contribution in [0.25, 0.3) is 0 Å². The summed E-state index contributed by atoms with van der Waals surface area (Å²) in [6, 6.07) is 14.4. The molecule has 0 amide bonds. The SMILES string of the molecule is CNCC(Cc1ccc(Cl)cc1)Cc1ccc(C)cc1Cl. The normalized spacial score (nSPS) is 12.4. The zero-order chi connectivity index (χ0) is 15.2. The first-order chi connectivity index (χ1) is 10.1. The van der Waals surface area contributed by atoms with E-state index in [9.17, 15) is 0 Å². The van der Waals surface area contributed by atoms with Crippen LogP contribution in [0.2, 0.25) is 10.0 Å². The molecule has 2 rings (SSSR count). The lowest BCUT2D eigenvalue weighted by molar-refractivity contribution is 0.493. The van der Waals surface area contributed by atoms with E-state index >= 15 is 0 Å². The maximum Gasteiger partial charge on any atom is 0.0440 e. The Kier molecular flexibility index (Phi) is 6.10. The van der Waals surface area contributed by atoms with Gasteiger partial charge in [-0.3, -0.25) is 0 Å². The molecule has 0 radical (unpaired) electrons. The number of aryl methyl sites for hydroxylation is 1. The van der Waals surface area contributed by atoms with Gasteiger partial charge in [0.15, 0.2) is 0 Å². The minimum Gasteiger partial charge on any atom is -0.319 e. The standard InChI is InChI=1S/C18H21Cl2N/c1-13-3-6-16(18(20)9-13)11-15(12-21-2)10-14-4-7-17(19)8-5-14/h3-9,15,21H,10-12H2,1-2H3. The topological polar surface area (TPSA) is 12.0 Å². The van der Waals surface area contributed by atoms with Crippen molar-refractivity contribution in [1.29, 1.82) is 0 Å². The molecular weight excluding hydrogens is 301 g/mol. The van der Waals surface area contributed by atoms with Gasteiger partial charge in [0.2, 0.25) is 0 Å². The second-order valence-electron chi connectivity index (χ2n) is 5.55. The van der Waals surface area contributed by atoms with Gasteiger partial charge in [0.05, 0.1) is 0 Å². The fourth-order valence-electron chi connectivity index (χ4n) is 2.59. The molecule has 0 aromatic heterocycles. The lowest BCUT2D eigenvalue weighted by atomic mass is 9.92. The van der Waals surface area contributed by atoms with E-state index in [1.165, 1.54) is 16.7 Å². The molecule has 0 bridgehead atoms. The van der Waals surface area contributed by atoms with Crippen molar-refractivity contribution in [3.05, 3.63) is 69.2 Å². The van der Waals surface area contributed by atoms with Gasteiger partial charge in [-0.25, -0.2) is 0 Å². The Labute approximate surface area is 137 Å². The number of benzene rings is 2. The zero-order valence-corrected chi connectivity index (χ0v) is 14.0. The first-order valence-electron chi connectivity index (χ1n) is 7.22. The molecule has 112 valence electrons. The molecule has 0 saturated carbocycles. The third-order valence-corrected chi connectivity index (χ3v) is 4.25. The van der Waals surface area contributed by atoms with Crippen molar-refractivity contribution in [2.45, 2.75) is 19.8 Å². The Morgan fingerprint density at radius 2 is 1.71 bits per heavy atom. The quantitative estimate of drug-likeness (QED) is 0.796. The lowest BCUT2D eigenvalue weighted by Gasteiger charge is -2.18. The largest absolute Gasteiger partial charge is 0.319 e. The smallest absolute Gasteiger partial charge is 0.0440 e. The summed E-state index contributed by atoms with van der Waals surface area (Å²) in [5.41, 5.74) is 3.73. The van der Waals surface area contributed by atoms with Crippen LogP contribution in [0.1, 0.15) is 16.7 Å². The molecular formula is C18H21Cl2N. The van der Waals surface area contributed by atoms with E-state index in [1.807, 2.05) is 25.2 Å². The molecule has 0 aliphatic carbocycles. The van der Waals surface area contributed by atoms with Crippen LogP contribution in [-0.4, -0.2) is 13.6 Å². The highest BCUT2D eigenvalue weighted by molar-refractivity contribution is 6.31. The molecule has 0 aliphatic heterocycles. The summed E-state index contributed by atoms with van der Waals surface area (Å²) in [7, 11) is 1.99. The van der Waals surface area contributed by atoms with Gasteiger partial charge < -0.3 is 5.32 Å². The highest BCUT2D eigenvalue weighted by Crippen LogP contribution is 2.23. The molecule has 2 aromatic rings. The summed E-state index contributed by atoms with van der Waals surface area (Å²) in [6.45, 7) is 3.03. The minimum absolute atomic E-state index is 0.511. The monoisotopic (exact) mass is 321 g/mol. The second-order valence-corrected chi connectivity index (χ2v) is 6.40. The van der Waals surface area contributed by atoms with E-state index in [1.54, 1.807) is 0 Å². The summed E-state index contributed by atoms with van der Waals surface area (Å²) in [6.07, 6.45) is 1.99. The van der Waals surface area contributed by atoms with Gasteiger partial charge in [-0.1, -0.05) is 47.5 Å². The van der Waals surface area contributed by atoms with E-state index in [0.717, 1.165) is 29.4 Å². The Morgan fingerprint density at radius 1 is 1.00 bits per heavy atom. The molecule has 21 heavy (non-hydrogen) atoms. The van der Waals surface area contributed by atoms with E-state index in [0.29, 0.717) is 5.92 Å². The molecule has 1 nitrogen and oxygen atoms in total. The first-order valence-corrected chi connectivity index (χ1v) is 7.98. The van der Waals surface area contributed by atoms with Crippen LogP contribution in [-0.2, 0) is 12.8 Å². The second kappa shape index (κ2) is 7.84. The predicted molar refractivity (Wildman–Crippen MR) is 92.5 cm³/mol. The van der Waals surface area contributed by atoms with Gasteiger partial charge in [-0.15, -0.1) is 0 Å². The molecule has 1 atom stereocenters. The molecule has 0 heterocycles. The van der Waals surface area contributed by atoms with Crippen molar-refractivity contribution >= 4 is 23.2 Å². The van der Waals surface area contributed by atoms with Crippen LogP contribution in [0, 0.1) is 12.8 Å². The molecule has 1 unspecified atom stereocenters. The zero-order valence-electron chi connectivity index (χ0n) is 12.5. The van der Waals surface area contributed by atoms with Crippen molar-refractivity contribution in [3.63, 3.8) is 0 Å². The van der Waals surface area contributed by atoms with E-state index < -0.39 is 0 Å². The van der Waals surface area contributed by atoms with E-state index in [-0.39, 0.29) is 0 Å². The van der Waals surface area contributed by atoms with Crippen molar-refractivity contribution in [2.24, 2.45) is 5.92 Å². The number of hydrogen-bond acceptors (Lipinski definition) is 1. The first kappa shape index (κ1) is 16.4. The van der Waals surface area contributed by atoms with E-state index in [4.69, 9.17) is 23.2 Å². The van der Waals surface area contributed by atoms with Gasteiger partial charge in [0.1, 0.15) is 0 Å². The van der Waals surface area contributed by atoms with Gasteiger partial charge >= 0.3 is 0 Å². The van der Waals surface area contributed by atoms with E-state index in [2.05, 4.69) is 36.5 Å². The Bertz CT molecular complexity index is 578. The molecule has 0 saturated heterocycles. The summed E-state index contributed by atoms with van der Waals surface area (Å²) >= 11 is 12.3. The van der Waals surface area contributed by atoms with Crippen molar-refractivity contribution < 1.29 is 0 Å². The number of halogens is 2. The average Bonchev–Trinajstić information content (AvgIpc) is 2.44. The van der Waals surface area contributed by atoms with Crippen LogP contribution in [0.3, 0.4) is 0 Å². The van der Waals surface area contributed by atoms with Gasteiger partial charge in [-0.05, 0) is 74.2 Å². The number of hydrogen-bond donors (Lipinski definition) is 1. The number of nitrogens with one attached hydrogen (secondary N) is 1. The summed E-state index contributed by atoms with van der Waals surface area (Å²) < 4.78 is 0. The van der Waals surface area contributed by atoms with Crippen LogP contribution in [0.4, 0.5) is 0 Å². The molecule has 0 fully saturated rings. The fraction of sp³-hybridized carbons (Fsp3) is 0.333. The van der Waals surface area contributed by atoms with Crippen LogP contribution < -0.4 is 5.32 Å². The minimum atomic E-state index is 0.511. The molecule has 2 aromatic carbocycles. The van der Waals surface area contributed by atoms with Gasteiger partial charge in [-0.2, -0.15) is 0 Å². The van der Waals surface area contributed by atoms with Gasteiger partial charge in [0, 0.05) is 10.0 Å². The highest BCUT2D eigenvalue weighted by atomic mass is 35.5. The maximum atomic E-state index is 6.36. The third kappa shape index (κ3) is 5.03. The average molecular weight is 322 g/mol.